The fourth-order valence-electron chi connectivity index (χ4n) is 2.42. The lowest BCUT2D eigenvalue weighted by Crippen LogP contribution is -3.12. The number of rotatable bonds is 7. The molecule has 0 fully saturated rings. The van der Waals surface area contributed by atoms with Crippen molar-refractivity contribution in [3.8, 4) is 5.75 Å². The number of carbonyl (C=O) groups excluding carboxylic acids is 1. The third-order valence-electron chi connectivity index (χ3n) is 4.06. The van der Waals surface area contributed by atoms with Gasteiger partial charge in [0.15, 0.2) is 6.04 Å². The highest BCUT2D eigenvalue weighted by atomic mass is 19.1. The summed E-state index contributed by atoms with van der Waals surface area (Å²) in [6.45, 7) is 4.84. The molecule has 0 spiro atoms. The highest BCUT2D eigenvalue weighted by Crippen LogP contribution is 2.18. The quantitative estimate of drug-likeness (QED) is 0.806. The number of para-hydroxylation sites is 1. The van der Waals surface area contributed by atoms with Crippen molar-refractivity contribution in [3.63, 3.8) is 0 Å². The first kappa shape index (κ1) is 18.9. The van der Waals surface area contributed by atoms with E-state index in [0.29, 0.717) is 13.2 Å². The number of benzene rings is 2. The summed E-state index contributed by atoms with van der Waals surface area (Å²) in [6.07, 6.45) is 0. The van der Waals surface area contributed by atoms with Crippen molar-refractivity contribution in [2.24, 2.45) is 0 Å². The number of likely N-dealkylation sites (N-methyl/N-ethyl adjacent to an activating group) is 1. The van der Waals surface area contributed by atoms with Crippen LogP contribution >= 0.6 is 0 Å². The second-order valence-corrected chi connectivity index (χ2v) is 5.91. The van der Waals surface area contributed by atoms with E-state index in [0.717, 1.165) is 28.3 Å². The predicted octanol–water partition coefficient (Wildman–Crippen LogP) is 2.41. The average Bonchev–Trinajstić information content (AvgIpc) is 2.59. The van der Waals surface area contributed by atoms with Gasteiger partial charge in [0.25, 0.3) is 5.91 Å². The Labute approximate surface area is 146 Å². The molecule has 2 rings (SSSR count). The second-order valence-electron chi connectivity index (χ2n) is 5.91. The Hall–Kier alpha value is -2.47. The minimum atomic E-state index is -0.787. The molecule has 0 saturated heterocycles. The largest absolute Gasteiger partial charge is 0.494 e. The molecule has 0 aliphatic rings. The lowest BCUT2D eigenvalue weighted by atomic mass is 10.1. The third kappa shape index (κ3) is 5.00. The standard InChI is InChI=1S/C19H22F2N2O2/c1-4-25-15-10-8-14(9-11-15)12-23(3)13(2)19(24)22-18-16(20)6-5-7-17(18)21/h5-11,13H,4,12H2,1-3H3,(H,22,24)/p+1/t13-/m1/s1. The van der Waals surface area contributed by atoms with Crippen molar-refractivity contribution in [3.05, 3.63) is 59.7 Å². The van der Waals surface area contributed by atoms with Crippen LogP contribution in [0.1, 0.15) is 19.4 Å². The molecule has 0 radical (unpaired) electrons. The Morgan fingerprint density at radius 1 is 1.16 bits per heavy atom. The number of hydrogen-bond donors (Lipinski definition) is 2. The predicted molar refractivity (Wildman–Crippen MR) is 92.7 cm³/mol. The summed E-state index contributed by atoms with van der Waals surface area (Å²) >= 11 is 0. The lowest BCUT2D eigenvalue weighted by molar-refractivity contribution is -0.907. The second kappa shape index (κ2) is 8.58. The van der Waals surface area contributed by atoms with Crippen LogP contribution in [0.25, 0.3) is 0 Å². The van der Waals surface area contributed by atoms with Crippen molar-refractivity contribution >= 4 is 11.6 Å². The van der Waals surface area contributed by atoms with Crippen LogP contribution in [0.15, 0.2) is 42.5 Å². The summed E-state index contributed by atoms with van der Waals surface area (Å²) in [6, 6.07) is 10.6. The minimum Gasteiger partial charge on any atom is -0.494 e. The number of nitrogens with one attached hydrogen (secondary N) is 2. The average molecular weight is 349 g/mol. The first-order valence-electron chi connectivity index (χ1n) is 8.21. The Balaban J connectivity index is 1.98. The van der Waals surface area contributed by atoms with Gasteiger partial charge in [0.2, 0.25) is 0 Å². The fourth-order valence-corrected chi connectivity index (χ4v) is 2.42. The first-order valence-corrected chi connectivity index (χ1v) is 8.21. The van der Waals surface area contributed by atoms with Crippen LogP contribution in [-0.2, 0) is 11.3 Å². The molecule has 2 atom stereocenters. The van der Waals surface area contributed by atoms with Crippen LogP contribution in [0.3, 0.4) is 0 Å². The number of halogens is 2. The van der Waals surface area contributed by atoms with Gasteiger partial charge in [-0.15, -0.1) is 0 Å². The molecule has 0 aliphatic carbocycles. The number of amides is 1. The number of quaternary nitrogens is 1. The van der Waals surface area contributed by atoms with Gasteiger partial charge >= 0.3 is 0 Å². The van der Waals surface area contributed by atoms with Crippen molar-refractivity contribution in [2.45, 2.75) is 26.4 Å². The van der Waals surface area contributed by atoms with Gasteiger partial charge in [-0.1, -0.05) is 6.07 Å². The monoisotopic (exact) mass is 349 g/mol. The summed E-state index contributed by atoms with van der Waals surface area (Å²) in [5.74, 6) is -1.22. The van der Waals surface area contributed by atoms with Gasteiger partial charge in [0, 0.05) is 5.56 Å². The first-order chi connectivity index (χ1) is 11.9. The van der Waals surface area contributed by atoms with Crippen molar-refractivity contribution < 1.29 is 23.2 Å². The molecule has 4 nitrogen and oxygen atoms in total. The zero-order valence-electron chi connectivity index (χ0n) is 14.6. The Bertz CT molecular complexity index is 700. The molecule has 0 bridgehead atoms. The van der Waals surface area contributed by atoms with Crippen molar-refractivity contribution in [2.75, 3.05) is 19.0 Å². The molecule has 0 aromatic heterocycles. The van der Waals surface area contributed by atoms with Crippen molar-refractivity contribution in [1.82, 2.24) is 0 Å². The Morgan fingerprint density at radius 2 is 1.76 bits per heavy atom. The van der Waals surface area contributed by atoms with Crippen LogP contribution in [0.2, 0.25) is 0 Å². The van der Waals surface area contributed by atoms with E-state index < -0.39 is 29.3 Å². The van der Waals surface area contributed by atoms with Gasteiger partial charge in [0.05, 0.1) is 13.7 Å². The molecule has 0 saturated carbocycles. The van der Waals surface area contributed by atoms with E-state index in [4.69, 9.17) is 4.74 Å². The molecule has 1 amide bonds. The maximum atomic E-state index is 13.6. The van der Waals surface area contributed by atoms with Gasteiger partial charge in [-0.3, -0.25) is 4.79 Å². The van der Waals surface area contributed by atoms with Crippen molar-refractivity contribution in [1.29, 1.82) is 0 Å². The molecule has 0 aliphatic heterocycles. The zero-order valence-corrected chi connectivity index (χ0v) is 14.6. The fraction of sp³-hybridized carbons (Fsp3) is 0.316. The SMILES string of the molecule is CCOc1ccc(C[NH+](C)[C@H](C)C(=O)Nc2c(F)cccc2F)cc1. The van der Waals surface area contributed by atoms with Crippen LogP contribution < -0.4 is 15.0 Å². The molecule has 25 heavy (non-hydrogen) atoms. The van der Waals surface area contributed by atoms with E-state index in [2.05, 4.69) is 5.32 Å². The molecule has 6 heteroatoms. The molecular weight excluding hydrogens is 326 g/mol. The molecule has 2 N–H and O–H groups in total. The van der Waals surface area contributed by atoms with E-state index >= 15 is 0 Å². The van der Waals surface area contributed by atoms with Crippen LogP contribution in [0, 0.1) is 11.6 Å². The Kier molecular flexibility index (Phi) is 6.47. The van der Waals surface area contributed by atoms with Crippen LogP contribution in [-0.4, -0.2) is 25.6 Å². The van der Waals surface area contributed by atoms with E-state index in [1.807, 2.05) is 38.2 Å². The summed E-state index contributed by atoms with van der Waals surface area (Å²) in [7, 11) is 1.86. The summed E-state index contributed by atoms with van der Waals surface area (Å²) in [5, 5.41) is 2.34. The van der Waals surface area contributed by atoms with Gasteiger partial charge < -0.3 is 15.0 Å². The smallest absolute Gasteiger partial charge is 0.282 e. The summed E-state index contributed by atoms with van der Waals surface area (Å²) in [5.41, 5.74) is 0.630. The van der Waals surface area contributed by atoms with Crippen LogP contribution in [0.4, 0.5) is 14.5 Å². The van der Waals surface area contributed by atoms with Gasteiger partial charge in [-0.05, 0) is 50.2 Å². The minimum absolute atomic E-state index is 0.409. The third-order valence-corrected chi connectivity index (χ3v) is 4.06. The summed E-state index contributed by atoms with van der Waals surface area (Å²) < 4.78 is 32.7. The molecular formula is C19H23F2N2O2+. The highest BCUT2D eigenvalue weighted by Gasteiger charge is 2.24. The zero-order chi connectivity index (χ0) is 18.4. The van der Waals surface area contributed by atoms with E-state index in [-0.39, 0.29) is 0 Å². The number of anilines is 1. The normalized spacial score (nSPS) is 13.2. The molecule has 2 aromatic rings. The molecule has 1 unspecified atom stereocenters. The maximum Gasteiger partial charge on any atom is 0.282 e. The van der Waals surface area contributed by atoms with E-state index in [9.17, 15) is 13.6 Å². The molecule has 2 aromatic carbocycles. The maximum absolute atomic E-state index is 13.6. The molecule has 134 valence electrons. The van der Waals surface area contributed by atoms with E-state index in [1.54, 1.807) is 6.92 Å². The summed E-state index contributed by atoms with van der Waals surface area (Å²) in [4.78, 5) is 13.2. The Morgan fingerprint density at radius 3 is 2.32 bits per heavy atom. The van der Waals surface area contributed by atoms with Gasteiger partial charge in [0.1, 0.15) is 29.6 Å². The number of hydrogen-bond acceptors (Lipinski definition) is 2. The topological polar surface area (TPSA) is 42.8 Å². The van der Waals surface area contributed by atoms with Crippen LogP contribution in [0.5, 0.6) is 5.75 Å². The van der Waals surface area contributed by atoms with Gasteiger partial charge in [-0.25, -0.2) is 8.78 Å². The van der Waals surface area contributed by atoms with E-state index in [1.165, 1.54) is 6.07 Å². The molecule has 0 heterocycles. The highest BCUT2D eigenvalue weighted by molar-refractivity contribution is 5.93. The van der Waals surface area contributed by atoms with Gasteiger partial charge in [-0.2, -0.15) is 0 Å². The lowest BCUT2D eigenvalue weighted by Gasteiger charge is -2.21. The number of carbonyl (C=O) groups is 1. The number of ether oxygens (including phenoxy) is 1.